The fourth-order valence-corrected chi connectivity index (χ4v) is 4.24. The average Bonchev–Trinajstić information content (AvgIpc) is 3.02. The van der Waals surface area contributed by atoms with Crippen molar-refractivity contribution in [2.45, 2.75) is 25.4 Å². The van der Waals surface area contributed by atoms with Crippen LogP contribution in [0.5, 0.6) is 0 Å². The van der Waals surface area contributed by atoms with Crippen molar-refractivity contribution < 1.29 is 28.7 Å². The van der Waals surface area contributed by atoms with E-state index < -0.39 is 5.54 Å². The van der Waals surface area contributed by atoms with Crippen molar-refractivity contribution in [3.8, 4) is 0 Å². The van der Waals surface area contributed by atoms with E-state index in [1.54, 1.807) is 7.11 Å². The molecule has 0 unspecified atom stereocenters. The molecule has 0 aromatic heterocycles. The zero-order chi connectivity index (χ0) is 19.0. The number of methoxy groups -OCH3 is 1. The van der Waals surface area contributed by atoms with Gasteiger partial charge in [0.15, 0.2) is 0 Å². The van der Waals surface area contributed by atoms with Crippen LogP contribution in [0.25, 0.3) is 0 Å². The molecule has 4 rings (SSSR count). The van der Waals surface area contributed by atoms with Gasteiger partial charge >= 0.3 is 18.9 Å². The maximum absolute atomic E-state index is 13.5. The number of hydrogen-bond donors (Lipinski definition) is 0. The van der Waals surface area contributed by atoms with Crippen molar-refractivity contribution >= 4 is 0 Å². The van der Waals surface area contributed by atoms with E-state index in [4.69, 9.17) is 4.74 Å². The summed E-state index contributed by atoms with van der Waals surface area (Å²) in [5.74, 6) is 0.866. The van der Waals surface area contributed by atoms with Crippen molar-refractivity contribution in [3.63, 3.8) is 0 Å². The van der Waals surface area contributed by atoms with Gasteiger partial charge in [-0.25, -0.2) is 0 Å². The van der Waals surface area contributed by atoms with Crippen LogP contribution < -0.4 is 24.0 Å². The Morgan fingerprint density at radius 3 is 2.14 bits per heavy atom. The molecule has 0 saturated carbocycles. The Morgan fingerprint density at radius 1 is 0.929 bits per heavy atom. The first-order chi connectivity index (χ1) is 13.0. The van der Waals surface area contributed by atoms with Crippen LogP contribution in [0.2, 0.25) is 0 Å². The van der Waals surface area contributed by atoms with Gasteiger partial charge in [0.1, 0.15) is 5.76 Å². The number of hydrogen-bond acceptors (Lipinski definition) is 3. The molecule has 1 heterocycles. The Hall–Kier alpha value is -2.34. The van der Waals surface area contributed by atoms with Crippen LogP contribution in [0, 0.1) is 5.92 Å². The maximum Gasteiger partial charge on any atom is 1.00 e. The average molecular weight is 365 g/mol. The van der Waals surface area contributed by atoms with Gasteiger partial charge in [-0.1, -0.05) is 66.7 Å². The summed E-state index contributed by atoms with van der Waals surface area (Å²) in [6, 6.07) is 20.5. The molecule has 0 fully saturated rings. The first-order valence-corrected chi connectivity index (χ1v) is 9.29. The van der Waals surface area contributed by atoms with Crippen LogP contribution in [0.15, 0.2) is 96.1 Å². The van der Waals surface area contributed by atoms with E-state index in [1.807, 2.05) is 53.5 Å². The van der Waals surface area contributed by atoms with Crippen molar-refractivity contribution in [2.24, 2.45) is 5.92 Å². The molecule has 138 valence electrons. The SMILES string of the molecule is COC1=C[C@H]2C(=C([O-])N(C(C)(C)c3ccccc3)[C@@H]2c2ccccc2)C=C1.[Li+]. The third kappa shape index (κ3) is 3.30. The summed E-state index contributed by atoms with van der Waals surface area (Å²) in [4.78, 5) is 2.04. The maximum atomic E-state index is 13.5. The first kappa shape index (κ1) is 20.4. The minimum Gasteiger partial charge on any atom is -0.860 e. The third-order valence-corrected chi connectivity index (χ3v) is 5.67. The molecule has 0 radical (unpaired) electrons. The van der Waals surface area contributed by atoms with Gasteiger partial charge < -0.3 is 14.7 Å². The number of fused-ring (bicyclic) bond motifs is 1. The summed E-state index contributed by atoms with van der Waals surface area (Å²) in [5.41, 5.74) is 2.64. The zero-order valence-electron chi connectivity index (χ0n) is 16.9. The van der Waals surface area contributed by atoms with Gasteiger partial charge in [0, 0.05) is 5.92 Å². The van der Waals surface area contributed by atoms with E-state index in [0.717, 1.165) is 22.5 Å². The summed E-state index contributed by atoms with van der Waals surface area (Å²) in [5, 5.41) is 13.5. The van der Waals surface area contributed by atoms with E-state index in [0.29, 0.717) is 0 Å². The van der Waals surface area contributed by atoms with Crippen LogP contribution in [0.1, 0.15) is 31.0 Å². The van der Waals surface area contributed by atoms with E-state index >= 15 is 0 Å². The Labute approximate surface area is 179 Å². The van der Waals surface area contributed by atoms with Crippen LogP contribution in [-0.2, 0) is 10.3 Å². The first-order valence-electron chi connectivity index (χ1n) is 9.29. The van der Waals surface area contributed by atoms with Crippen LogP contribution in [0.4, 0.5) is 0 Å². The molecular formula is C24H24LiNO2. The molecule has 2 aliphatic rings. The third-order valence-electron chi connectivity index (χ3n) is 5.67. The van der Waals surface area contributed by atoms with E-state index in [1.165, 1.54) is 0 Å². The number of allylic oxidation sites excluding steroid dienone is 2. The summed E-state index contributed by atoms with van der Waals surface area (Å²) < 4.78 is 5.46. The van der Waals surface area contributed by atoms with Crippen molar-refractivity contribution in [2.75, 3.05) is 7.11 Å². The Kier molecular flexibility index (Phi) is 5.79. The topological polar surface area (TPSA) is 35.5 Å². The number of ether oxygens (including phenoxy) is 1. The number of rotatable bonds is 4. The van der Waals surface area contributed by atoms with Gasteiger partial charge in [-0.3, -0.25) is 0 Å². The van der Waals surface area contributed by atoms with Gasteiger partial charge in [-0.05, 0) is 48.6 Å². The van der Waals surface area contributed by atoms with Gasteiger partial charge in [-0.2, -0.15) is 0 Å². The standard InChI is InChI=1S/C24H25NO2.Li/c1-24(2,18-12-8-5-9-13-18)25-22(17-10-6-4-7-11-17)21-16-19(27-3)14-15-20(21)23(25)26;/h4-16,21-22,26H,1-3H3;/q;+1/p-1/t21-,22+;/m0./s1. The predicted molar refractivity (Wildman–Crippen MR) is 105 cm³/mol. The Bertz CT molecular complexity index is 916. The summed E-state index contributed by atoms with van der Waals surface area (Å²) in [6.07, 6.45) is 5.87. The summed E-state index contributed by atoms with van der Waals surface area (Å²) >= 11 is 0. The molecule has 28 heavy (non-hydrogen) atoms. The summed E-state index contributed by atoms with van der Waals surface area (Å²) in [6.45, 7) is 4.25. The van der Waals surface area contributed by atoms with Gasteiger partial charge in [0.25, 0.3) is 0 Å². The normalized spacial score (nSPS) is 21.1. The van der Waals surface area contributed by atoms with Crippen molar-refractivity contribution in [1.29, 1.82) is 0 Å². The van der Waals surface area contributed by atoms with Crippen molar-refractivity contribution in [1.82, 2.24) is 4.90 Å². The molecule has 3 nitrogen and oxygen atoms in total. The molecule has 0 saturated heterocycles. The molecule has 1 aliphatic carbocycles. The van der Waals surface area contributed by atoms with Crippen LogP contribution in [-0.4, -0.2) is 12.0 Å². The molecule has 0 N–H and O–H groups in total. The molecule has 0 spiro atoms. The van der Waals surface area contributed by atoms with E-state index in [9.17, 15) is 5.11 Å². The van der Waals surface area contributed by atoms with E-state index in [2.05, 4.69) is 44.2 Å². The zero-order valence-corrected chi connectivity index (χ0v) is 16.9. The monoisotopic (exact) mass is 365 g/mol. The second-order valence-electron chi connectivity index (χ2n) is 7.54. The molecule has 4 heteroatoms. The fraction of sp³-hybridized carbons (Fsp3) is 0.250. The fourth-order valence-electron chi connectivity index (χ4n) is 4.24. The van der Waals surface area contributed by atoms with Crippen molar-refractivity contribution in [3.05, 3.63) is 107 Å². The summed E-state index contributed by atoms with van der Waals surface area (Å²) in [7, 11) is 1.67. The minimum atomic E-state index is -0.446. The predicted octanol–water partition coefficient (Wildman–Crippen LogP) is 1.27. The second-order valence-corrected chi connectivity index (χ2v) is 7.54. The van der Waals surface area contributed by atoms with Gasteiger partial charge in [0.2, 0.25) is 0 Å². The van der Waals surface area contributed by atoms with E-state index in [-0.39, 0.29) is 36.7 Å². The molecule has 1 aliphatic heterocycles. The van der Waals surface area contributed by atoms with Gasteiger partial charge in [-0.15, -0.1) is 0 Å². The molecule has 2 aromatic carbocycles. The Balaban J connectivity index is 0.00000225. The Morgan fingerprint density at radius 2 is 1.54 bits per heavy atom. The molecule has 0 amide bonds. The smallest absolute Gasteiger partial charge is 0.860 e. The van der Waals surface area contributed by atoms with Crippen LogP contribution >= 0.6 is 0 Å². The second kappa shape index (κ2) is 7.95. The molecule has 2 atom stereocenters. The largest absolute Gasteiger partial charge is 1.00 e. The quantitative estimate of drug-likeness (QED) is 0.766. The minimum absolute atomic E-state index is 0. The molecular weight excluding hydrogens is 341 g/mol. The number of nitrogens with zero attached hydrogens (tertiary/aromatic N) is 1. The van der Waals surface area contributed by atoms with Gasteiger partial charge in [0.05, 0.1) is 18.7 Å². The van der Waals surface area contributed by atoms with Crippen LogP contribution in [0.3, 0.4) is 0 Å². The molecule has 2 aromatic rings. The molecule has 0 bridgehead atoms. The number of benzene rings is 2.